The zero-order chi connectivity index (χ0) is 14.8. The van der Waals surface area contributed by atoms with Gasteiger partial charge in [0.15, 0.2) is 0 Å². The van der Waals surface area contributed by atoms with Crippen molar-refractivity contribution in [2.75, 3.05) is 31.4 Å². The molecule has 1 saturated heterocycles. The second-order valence-corrected chi connectivity index (χ2v) is 8.76. The average Bonchev–Trinajstić information content (AvgIpc) is 2.70. The molecule has 0 aromatic carbocycles. The van der Waals surface area contributed by atoms with Crippen LogP contribution in [0.1, 0.15) is 6.42 Å². The molecule has 1 fully saturated rings. The topological polar surface area (TPSA) is 118 Å². The summed E-state index contributed by atoms with van der Waals surface area (Å²) in [6.45, 7) is -0.0699. The Morgan fingerprint density at radius 1 is 1.32 bits per heavy atom. The van der Waals surface area contributed by atoms with Crippen molar-refractivity contribution >= 4 is 25.8 Å². The van der Waals surface area contributed by atoms with Gasteiger partial charge in [0.25, 0.3) is 0 Å². The number of hydrogen-bond donors (Lipinski definition) is 1. The number of nitrogens with zero attached hydrogens (tertiary/aromatic N) is 1. The summed E-state index contributed by atoms with van der Waals surface area (Å²) in [7, 11) is -5.99. The van der Waals surface area contributed by atoms with Gasteiger partial charge in [0.05, 0.1) is 17.6 Å². The third kappa shape index (κ3) is 4.41. The SMILES string of the molecule is COC1CC(C(=O)O)N(S(=O)(=O)CCS(C)(=O)=O)C1. The highest BCUT2D eigenvalue weighted by Crippen LogP contribution is 2.24. The lowest BCUT2D eigenvalue weighted by atomic mass is 10.2. The molecule has 1 heterocycles. The van der Waals surface area contributed by atoms with Crippen LogP contribution >= 0.6 is 0 Å². The van der Waals surface area contributed by atoms with Gasteiger partial charge < -0.3 is 9.84 Å². The van der Waals surface area contributed by atoms with E-state index >= 15 is 0 Å². The minimum absolute atomic E-state index is 0.0595. The van der Waals surface area contributed by atoms with E-state index in [1.807, 2.05) is 0 Å². The number of ether oxygens (including phenoxy) is 1. The average molecular weight is 315 g/mol. The fourth-order valence-corrected chi connectivity index (χ4v) is 5.09. The molecular weight excluding hydrogens is 298 g/mol. The van der Waals surface area contributed by atoms with E-state index in [1.54, 1.807) is 0 Å². The van der Waals surface area contributed by atoms with Crippen LogP contribution < -0.4 is 0 Å². The Kier molecular flexibility index (Phi) is 4.93. The number of carbonyl (C=O) groups is 1. The second kappa shape index (κ2) is 5.73. The predicted molar refractivity (Wildman–Crippen MR) is 67.0 cm³/mol. The lowest BCUT2D eigenvalue weighted by molar-refractivity contribution is -0.140. The molecule has 0 aromatic heterocycles. The van der Waals surface area contributed by atoms with Gasteiger partial charge in [0.1, 0.15) is 15.9 Å². The summed E-state index contributed by atoms with van der Waals surface area (Å²) in [6, 6.07) is -1.20. The largest absolute Gasteiger partial charge is 0.480 e. The Hall–Kier alpha value is -0.710. The van der Waals surface area contributed by atoms with E-state index in [0.717, 1.165) is 10.6 Å². The fraction of sp³-hybridized carbons (Fsp3) is 0.889. The molecule has 10 heteroatoms. The highest BCUT2D eigenvalue weighted by atomic mass is 32.2. The number of sulfonamides is 1. The van der Waals surface area contributed by atoms with Crippen LogP contribution in [-0.4, -0.2) is 75.8 Å². The molecular formula is C9H17NO7S2. The molecule has 0 spiro atoms. The number of aliphatic carboxylic acids is 1. The first-order valence-electron chi connectivity index (χ1n) is 5.49. The number of methoxy groups -OCH3 is 1. The smallest absolute Gasteiger partial charge is 0.322 e. The van der Waals surface area contributed by atoms with Gasteiger partial charge in [0.2, 0.25) is 10.0 Å². The Morgan fingerprint density at radius 2 is 1.89 bits per heavy atom. The molecule has 2 unspecified atom stereocenters. The van der Waals surface area contributed by atoms with E-state index in [9.17, 15) is 21.6 Å². The molecule has 112 valence electrons. The van der Waals surface area contributed by atoms with E-state index in [4.69, 9.17) is 9.84 Å². The molecule has 8 nitrogen and oxygen atoms in total. The maximum absolute atomic E-state index is 12.0. The summed E-state index contributed by atoms with van der Waals surface area (Å²) in [6.07, 6.45) is 0.498. The van der Waals surface area contributed by atoms with Gasteiger partial charge in [-0.2, -0.15) is 4.31 Å². The van der Waals surface area contributed by atoms with Crippen molar-refractivity contribution in [1.82, 2.24) is 4.31 Å². The van der Waals surface area contributed by atoms with Crippen LogP contribution in [0.5, 0.6) is 0 Å². The van der Waals surface area contributed by atoms with Crippen LogP contribution in [0.25, 0.3) is 0 Å². The highest BCUT2D eigenvalue weighted by molar-refractivity contribution is 7.93. The van der Waals surface area contributed by atoms with E-state index in [2.05, 4.69) is 0 Å². The van der Waals surface area contributed by atoms with Crippen LogP contribution in [0.4, 0.5) is 0 Å². The summed E-state index contributed by atoms with van der Waals surface area (Å²) >= 11 is 0. The van der Waals surface area contributed by atoms with Gasteiger partial charge in [-0.25, -0.2) is 16.8 Å². The minimum Gasteiger partial charge on any atom is -0.480 e. The Labute approximate surface area is 112 Å². The van der Waals surface area contributed by atoms with Gasteiger partial charge in [0, 0.05) is 26.3 Å². The zero-order valence-electron chi connectivity index (χ0n) is 10.6. The van der Waals surface area contributed by atoms with Gasteiger partial charge in [-0.3, -0.25) is 4.79 Å². The predicted octanol–water partition coefficient (Wildman–Crippen LogP) is -1.47. The van der Waals surface area contributed by atoms with Gasteiger partial charge in [-0.15, -0.1) is 0 Å². The lowest BCUT2D eigenvalue weighted by Gasteiger charge is -2.20. The molecule has 19 heavy (non-hydrogen) atoms. The molecule has 0 aliphatic carbocycles. The molecule has 2 atom stereocenters. The third-order valence-corrected chi connectivity index (χ3v) is 5.95. The molecule has 0 aromatic rings. The van der Waals surface area contributed by atoms with Gasteiger partial charge in [-0.05, 0) is 0 Å². The summed E-state index contributed by atoms with van der Waals surface area (Å²) in [5.41, 5.74) is 0. The van der Waals surface area contributed by atoms with Crippen molar-refractivity contribution in [1.29, 1.82) is 0 Å². The summed E-state index contributed by atoms with van der Waals surface area (Å²) in [5.74, 6) is -2.41. The summed E-state index contributed by atoms with van der Waals surface area (Å²) in [4.78, 5) is 11.0. The van der Waals surface area contributed by atoms with Crippen LogP contribution in [0.15, 0.2) is 0 Å². The molecule has 0 bridgehead atoms. The number of carboxylic acids is 1. The van der Waals surface area contributed by atoms with Crippen molar-refractivity contribution in [3.8, 4) is 0 Å². The zero-order valence-corrected chi connectivity index (χ0v) is 12.3. The van der Waals surface area contributed by atoms with E-state index in [0.29, 0.717) is 0 Å². The Balaban J connectivity index is 2.89. The first kappa shape index (κ1) is 16.3. The fourth-order valence-electron chi connectivity index (χ4n) is 1.85. The Bertz CT molecular complexity index is 539. The van der Waals surface area contributed by atoms with Crippen molar-refractivity contribution in [3.05, 3.63) is 0 Å². The van der Waals surface area contributed by atoms with E-state index < -0.39 is 49.5 Å². The molecule has 0 amide bonds. The first-order valence-corrected chi connectivity index (χ1v) is 9.16. The molecule has 1 N–H and O–H groups in total. The number of carboxylic acid groups (broad SMARTS) is 1. The minimum atomic E-state index is -3.94. The van der Waals surface area contributed by atoms with E-state index in [1.165, 1.54) is 7.11 Å². The maximum atomic E-state index is 12.0. The molecule has 0 radical (unpaired) electrons. The maximum Gasteiger partial charge on any atom is 0.322 e. The van der Waals surface area contributed by atoms with Crippen LogP contribution in [-0.2, 0) is 29.4 Å². The first-order chi connectivity index (χ1) is 8.57. The van der Waals surface area contributed by atoms with Crippen LogP contribution in [0.3, 0.4) is 0 Å². The third-order valence-electron chi connectivity index (χ3n) is 2.91. The summed E-state index contributed by atoms with van der Waals surface area (Å²) < 4.78 is 51.8. The molecule has 1 rings (SSSR count). The Morgan fingerprint density at radius 3 is 2.32 bits per heavy atom. The van der Waals surface area contributed by atoms with Crippen LogP contribution in [0, 0.1) is 0 Å². The standard InChI is InChI=1S/C9H17NO7S2/c1-17-7-5-8(9(11)12)10(6-7)19(15,16)4-3-18(2,13)14/h7-8H,3-6H2,1-2H3,(H,11,12). The van der Waals surface area contributed by atoms with Crippen molar-refractivity contribution in [2.45, 2.75) is 18.6 Å². The van der Waals surface area contributed by atoms with Crippen molar-refractivity contribution in [3.63, 3.8) is 0 Å². The van der Waals surface area contributed by atoms with Crippen molar-refractivity contribution < 1.29 is 31.5 Å². The number of hydrogen-bond acceptors (Lipinski definition) is 6. The highest BCUT2D eigenvalue weighted by Gasteiger charge is 2.43. The van der Waals surface area contributed by atoms with Gasteiger partial charge in [-0.1, -0.05) is 0 Å². The monoisotopic (exact) mass is 315 g/mol. The quantitative estimate of drug-likeness (QED) is 0.636. The van der Waals surface area contributed by atoms with Gasteiger partial charge >= 0.3 is 5.97 Å². The second-order valence-electron chi connectivity index (χ2n) is 4.46. The van der Waals surface area contributed by atoms with E-state index in [-0.39, 0.29) is 13.0 Å². The van der Waals surface area contributed by atoms with Crippen LogP contribution in [0.2, 0.25) is 0 Å². The normalized spacial score (nSPS) is 25.6. The molecule has 1 aliphatic rings. The molecule has 1 aliphatic heterocycles. The number of sulfone groups is 1. The lowest BCUT2D eigenvalue weighted by Crippen LogP contribution is -2.42. The van der Waals surface area contributed by atoms with Crippen molar-refractivity contribution in [2.24, 2.45) is 0 Å². The number of rotatable bonds is 6. The molecule has 0 saturated carbocycles. The summed E-state index contributed by atoms with van der Waals surface area (Å²) in [5, 5.41) is 9.01.